The summed E-state index contributed by atoms with van der Waals surface area (Å²) >= 11 is 0. The van der Waals surface area contributed by atoms with Crippen LogP contribution in [0.3, 0.4) is 0 Å². The first-order valence-corrected chi connectivity index (χ1v) is 8.66. The van der Waals surface area contributed by atoms with E-state index in [9.17, 15) is 4.79 Å². The maximum absolute atomic E-state index is 12.2. The van der Waals surface area contributed by atoms with Crippen molar-refractivity contribution in [1.82, 2.24) is 19.5 Å². The van der Waals surface area contributed by atoms with Crippen molar-refractivity contribution in [2.45, 2.75) is 6.92 Å². The molecule has 0 unspecified atom stereocenters. The lowest BCUT2D eigenvalue weighted by molar-refractivity contribution is 0.102. The van der Waals surface area contributed by atoms with Crippen LogP contribution in [0.2, 0.25) is 0 Å². The molecule has 0 saturated heterocycles. The van der Waals surface area contributed by atoms with Gasteiger partial charge in [0.2, 0.25) is 5.88 Å². The number of carbonyl (C=O) groups excluding carboxylic acids is 1. The second-order valence-corrected chi connectivity index (χ2v) is 6.03. The lowest BCUT2D eigenvalue weighted by atomic mass is 10.2. The number of nitrogens with one attached hydrogen (secondary N) is 1. The van der Waals surface area contributed by atoms with E-state index in [-0.39, 0.29) is 5.91 Å². The summed E-state index contributed by atoms with van der Waals surface area (Å²) in [7, 11) is 0. The predicted molar refractivity (Wildman–Crippen MR) is 105 cm³/mol. The van der Waals surface area contributed by atoms with E-state index in [1.54, 1.807) is 72.7 Å². The molecule has 0 fully saturated rings. The van der Waals surface area contributed by atoms with Crippen LogP contribution in [0.5, 0.6) is 11.6 Å². The van der Waals surface area contributed by atoms with Crippen molar-refractivity contribution in [3.63, 3.8) is 0 Å². The standard InChI is InChI=1S/C21H17N5O2/c1-15-23-19(26-12-11-22-14-26)13-20(24-15)28-18-9-7-17(8-10-18)25-21(27)16-5-3-2-4-6-16/h2-14H,1H3,(H,25,27). The van der Waals surface area contributed by atoms with Crippen molar-refractivity contribution in [2.24, 2.45) is 0 Å². The van der Waals surface area contributed by atoms with Gasteiger partial charge in [-0.15, -0.1) is 0 Å². The van der Waals surface area contributed by atoms with Crippen molar-refractivity contribution in [3.8, 4) is 17.4 Å². The zero-order chi connectivity index (χ0) is 19.3. The molecule has 0 aliphatic carbocycles. The molecule has 0 saturated carbocycles. The van der Waals surface area contributed by atoms with Crippen LogP contribution in [-0.4, -0.2) is 25.4 Å². The number of imidazole rings is 1. The highest BCUT2D eigenvalue weighted by atomic mass is 16.5. The van der Waals surface area contributed by atoms with E-state index in [0.29, 0.717) is 34.5 Å². The highest BCUT2D eigenvalue weighted by Gasteiger charge is 2.08. The molecule has 0 aliphatic heterocycles. The lowest BCUT2D eigenvalue weighted by Crippen LogP contribution is -2.11. The van der Waals surface area contributed by atoms with Crippen molar-refractivity contribution >= 4 is 11.6 Å². The normalized spacial score (nSPS) is 10.5. The van der Waals surface area contributed by atoms with E-state index in [0.717, 1.165) is 0 Å². The minimum absolute atomic E-state index is 0.161. The van der Waals surface area contributed by atoms with Crippen LogP contribution >= 0.6 is 0 Å². The molecule has 7 nitrogen and oxygen atoms in total. The fourth-order valence-electron chi connectivity index (χ4n) is 2.62. The van der Waals surface area contributed by atoms with Gasteiger partial charge in [0.1, 0.15) is 23.7 Å². The number of hydrogen-bond donors (Lipinski definition) is 1. The van der Waals surface area contributed by atoms with E-state index in [2.05, 4.69) is 20.3 Å². The van der Waals surface area contributed by atoms with Gasteiger partial charge in [-0.1, -0.05) is 18.2 Å². The monoisotopic (exact) mass is 371 g/mol. The van der Waals surface area contributed by atoms with Crippen LogP contribution in [0.25, 0.3) is 5.82 Å². The van der Waals surface area contributed by atoms with Gasteiger partial charge in [0, 0.05) is 29.7 Å². The molecule has 0 radical (unpaired) electrons. The van der Waals surface area contributed by atoms with Gasteiger partial charge in [-0.25, -0.2) is 9.97 Å². The topological polar surface area (TPSA) is 81.9 Å². The number of hydrogen-bond acceptors (Lipinski definition) is 5. The summed E-state index contributed by atoms with van der Waals surface area (Å²) in [5.41, 5.74) is 1.28. The third-order valence-corrected chi connectivity index (χ3v) is 3.94. The molecule has 7 heteroatoms. The first-order chi connectivity index (χ1) is 13.7. The molecule has 0 aliphatic rings. The Morgan fingerprint density at radius 3 is 2.54 bits per heavy atom. The summed E-state index contributed by atoms with van der Waals surface area (Å²) in [4.78, 5) is 24.9. The number of rotatable bonds is 5. The zero-order valence-corrected chi connectivity index (χ0v) is 15.1. The quantitative estimate of drug-likeness (QED) is 0.573. The molecule has 4 rings (SSSR count). The molecule has 0 atom stereocenters. The first kappa shape index (κ1) is 17.4. The van der Waals surface area contributed by atoms with Crippen LogP contribution in [-0.2, 0) is 0 Å². The van der Waals surface area contributed by atoms with E-state index < -0.39 is 0 Å². The van der Waals surface area contributed by atoms with Gasteiger partial charge in [-0.3, -0.25) is 9.36 Å². The number of nitrogens with zero attached hydrogens (tertiary/aromatic N) is 4. The van der Waals surface area contributed by atoms with Crippen LogP contribution in [0, 0.1) is 6.92 Å². The highest BCUT2D eigenvalue weighted by molar-refractivity contribution is 6.04. The van der Waals surface area contributed by atoms with Crippen molar-refractivity contribution in [3.05, 3.63) is 90.8 Å². The number of aryl methyl sites for hydroxylation is 1. The molecule has 1 amide bonds. The summed E-state index contributed by atoms with van der Waals surface area (Å²) < 4.78 is 7.63. The SMILES string of the molecule is Cc1nc(Oc2ccc(NC(=O)c3ccccc3)cc2)cc(-n2ccnc2)n1. The number of anilines is 1. The van der Waals surface area contributed by atoms with Gasteiger partial charge < -0.3 is 10.1 Å². The molecule has 4 aromatic rings. The smallest absolute Gasteiger partial charge is 0.255 e. The van der Waals surface area contributed by atoms with Crippen LogP contribution in [0.1, 0.15) is 16.2 Å². The molecule has 2 heterocycles. The molecular formula is C21H17N5O2. The maximum atomic E-state index is 12.2. The summed E-state index contributed by atoms with van der Waals surface area (Å²) in [6.45, 7) is 1.80. The van der Waals surface area contributed by atoms with E-state index in [1.165, 1.54) is 0 Å². The predicted octanol–water partition coefficient (Wildman–Crippen LogP) is 4.02. The second-order valence-electron chi connectivity index (χ2n) is 6.03. The number of benzene rings is 2. The number of ether oxygens (including phenoxy) is 1. The summed E-state index contributed by atoms with van der Waals surface area (Å²) in [5, 5.41) is 2.86. The number of aromatic nitrogens is 4. The van der Waals surface area contributed by atoms with E-state index in [4.69, 9.17) is 4.74 Å². The highest BCUT2D eigenvalue weighted by Crippen LogP contribution is 2.23. The Hall–Kier alpha value is -4.00. The lowest BCUT2D eigenvalue weighted by Gasteiger charge is -2.09. The Morgan fingerprint density at radius 2 is 1.82 bits per heavy atom. The average Bonchev–Trinajstić information content (AvgIpc) is 3.25. The van der Waals surface area contributed by atoms with Crippen molar-refractivity contribution in [1.29, 1.82) is 0 Å². The first-order valence-electron chi connectivity index (χ1n) is 8.66. The molecule has 2 aromatic carbocycles. The molecule has 0 spiro atoms. The van der Waals surface area contributed by atoms with Crippen LogP contribution < -0.4 is 10.1 Å². The zero-order valence-electron chi connectivity index (χ0n) is 15.1. The Kier molecular flexibility index (Phi) is 4.79. The maximum Gasteiger partial charge on any atom is 0.255 e. The Labute approximate surface area is 161 Å². The number of carbonyl (C=O) groups is 1. The van der Waals surface area contributed by atoms with E-state index in [1.807, 2.05) is 18.2 Å². The van der Waals surface area contributed by atoms with Gasteiger partial charge in [0.15, 0.2) is 0 Å². The van der Waals surface area contributed by atoms with E-state index >= 15 is 0 Å². The Balaban J connectivity index is 1.47. The fraction of sp³-hybridized carbons (Fsp3) is 0.0476. The van der Waals surface area contributed by atoms with Crippen LogP contribution in [0.15, 0.2) is 79.4 Å². The van der Waals surface area contributed by atoms with Gasteiger partial charge in [-0.2, -0.15) is 4.98 Å². The molecule has 0 bridgehead atoms. The van der Waals surface area contributed by atoms with Crippen molar-refractivity contribution < 1.29 is 9.53 Å². The van der Waals surface area contributed by atoms with Gasteiger partial charge in [0.05, 0.1) is 0 Å². The molecule has 28 heavy (non-hydrogen) atoms. The molecular weight excluding hydrogens is 354 g/mol. The fourth-order valence-corrected chi connectivity index (χ4v) is 2.62. The van der Waals surface area contributed by atoms with Gasteiger partial charge in [0.25, 0.3) is 5.91 Å². The number of amides is 1. The Morgan fingerprint density at radius 1 is 1.04 bits per heavy atom. The third kappa shape index (κ3) is 4.04. The Bertz CT molecular complexity index is 1080. The van der Waals surface area contributed by atoms with Gasteiger partial charge >= 0.3 is 0 Å². The summed E-state index contributed by atoms with van der Waals surface area (Å²) in [6.07, 6.45) is 5.14. The average molecular weight is 371 g/mol. The van der Waals surface area contributed by atoms with Gasteiger partial charge in [-0.05, 0) is 43.3 Å². The summed E-state index contributed by atoms with van der Waals surface area (Å²) in [5.74, 6) is 2.13. The van der Waals surface area contributed by atoms with Crippen LogP contribution in [0.4, 0.5) is 5.69 Å². The van der Waals surface area contributed by atoms with Crippen molar-refractivity contribution in [2.75, 3.05) is 5.32 Å². The summed E-state index contributed by atoms with van der Waals surface area (Å²) in [6, 6.07) is 17.9. The molecule has 1 N–H and O–H groups in total. The largest absolute Gasteiger partial charge is 0.439 e. The molecule has 2 aromatic heterocycles. The minimum atomic E-state index is -0.161. The minimum Gasteiger partial charge on any atom is -0.439 e. The second kappa shape index (κ2) is 7.71. The molecule has 138 valence electrons. The third-order valence-electron chi connectivity index (χ3n) is 3.94.